The van der Waals surface area contributed by atoms with Crippen LogP contribution in [0, 0.1) is 11.8 Å². The van der Waals surface area contributed by atoms with Gasteiger partial charge in [-0.3, -0.25) is 0 Å². The highest BCUT2D eigenvalue weighted by Gasteiger charge is 2.66. The standard InChI is InChI=1S/C18H23Cl2NO3/c1-17(2,3)24-16(23)21-7-6-18(12(9-21)13(18)10-22)11-4-5-14(19)15(20)8-11/h4-5,8,12-13,22H,6-7,9-10H2,1-3H3/t12-,13?,18+/m1/s1. The van der Waals surface area contributed by atoms with E-state index in [1.165, 1.54) is 0 Å². The van der Waals surface area contributed by atoms with Crippen LogP contribution in [0.4, 0.5) is 4.79 Å². The number of hydrogen-bond donors (Lipinski definition) is 1. The Kier molecular flexibility index (Phi) is 4.52. The quantitative estimate of drug-likeness (QED) is 0.850. The van der Waals surface area contributed by atoms with Crippen LogP contribution in [0.5, 0.6) is 0 Å². The number of nitrogens with zero attached hydrogens (tertiary/aromatic N) is 1. The molecule has 1 saturated heterocycles. The van der Waals surface area contributed by atoms with Crippen molar-refractivity contribution in [3.8, 4) is 0 Å². The van der Waals surface area contributed by atoms with Crippen LogP contribution in [0.25, 0.3) is 0 Å². The summed E-state index contributed by atoms with van der Waals surface area (Å²) < 4.78 is 5.47. The second kappa shape index (κ2) is 6.08. The van der Waals surface area contributed by atoms with E-state index in [1.807, 2.05) is 32.9 Å². The summed E-state index contributed by atoms with van der Waals surface area (Å²) in [6.07, 6.45) is 0.508. The summed E-state index contributed by atoms with van der Waals surface area (Å²) in [5, 5.41) is 10.9. The first-order valence-electron chi connectivity index (χ1n) is 8.23. The highest BCUT2D eigenvalue weighted by atomic mass is 35.5. The molecule has 0 spiro atoms. The van der Waals surface area contributed by atoms with Gasteiger partial charge in [-0.2, -0.15) is 0 Å². The molecule has 1 aliphatic carbocycles. The maximum Gasteiger partial charge on any atom is 0.410 e. The Bertz CT molecular complexity index is 658. The average molecular weight is 372 g/mol. The summed E-state index contributed by atoms with van der Waals surface area (Å²) >= 11 is 12.2. The molecule has 1 aromatic rings. The van der Waals surface area contributed by atoms with Gasteiger partial charge in [0.15, 0.2) is 0 Å². The number of hydrogen-bond acceptors (Lipinski definition) is 3. The molecule has 2 aliphatic rings. The minimum absolute atomic E-state index is 0.104. The van der Waals surface area contributed by atoms with Crippen molar-refractivity contribution in [3.05, 3.63) is 33.8 Å². The summed E-state index contributed by atoms with van der Waals surface area (Å²) in [5.41, 5.74) is 0.487. The van der Waals surface area contributed by atoms with Gasteiger partial charge in [-0.15, -0.1) is 0 Å². The van der Waals surface area contributed by atoms with E-state index in [9.17, 15) is 9.90 Å². The number of carbonyl (C=O) groups is 1. The van der Waals surface area contributed by atoms with E-state index in [4.69, 9.17) is 27.9 Å². The molecule has 1 aromatic carbocycles. The van der Waals surface area contributed by atoms with Gasteiger partial charge in [0.25, 0.3) is 0 Å². The molecular formula is C18H23Cl2NO3. The van der Waals surface area contributed by atoms with Gasteiger partial charge < -0.3 is 14.7 Å². The lowest BCUT2D eigenvalue weighted by atomic mass is 9.86. The summed E-state index contributed by atoms with van der Waals surface area (Å²) in [6, 6.07) is 5.69. The Labute approximate surface area is 152 Å². The van der Waals surface area contributed by atoms with E-state index in [-0.39, 0.29) is 30.0 Å². The normalized spacial score (nSPS) is 29.2. The Hall–Kier alpha value is -0.970. The molecule has 0 radical (unpaired) electrons. The van der Waals surface area contributed by atoms with Crippen LogP contribution in [0.3, 0.4) is 0 Å². The van der Waals surface area contributed by atoms with Crippen LogP contribution < -0.4 is 0 Å². The lowest BCUT2D eigenvalue weighted by Gasteiger charge is -2.33. The Morgan fingerprint density at radius 3 is 2.67 bits per heavy atom. The number of likely N-dealkylation sites (tertiary alicyclic amines) is 1. The minimum atomic E-state index is -0.505. The third-order valence-corrected chi connectivity index (χ3v) is 5.96. The molecular weight excluding hydrogens is 349 g/mol. The minimum Gasteiger partial charge on any atom is -0.444 e. The summed E-state index contributed by atoms with van der Waals surface area (Å²) in [5.74, 6) is 0.364. The number of fused-ring (bicyclic) bond motifs is 1. The van der Waals surface area contributed by atoms with Crippen molar-refractivity contribution >= 4 is 29.3 Å². The zero-order valence-corrected chi connectivity index (χ0v) is 15.7. The van der Waals surface area contributed by atoms with Gasteiger partial charge in [0, 0.05) is 25.1 Å². The largest absolute Gasteiger partial charge is 0.444 e. The Balaban J connectivity index is 1.79. The van der Waals surface area contributed by atoms with Crippen LogP contribution >= 0.6 is 23.2 Å². The van der Waals surface area contributed by atoms with Gasteiger partial charge in [-0.25, -0.2) is 4.79 Å². The first-order valence-corrected chi connectivity index (χ1v) is 8.99. The maximum absolute atomic E-state index is 12.3. The number of piperidine rings is 1. The zero-order valence-electron chi connectivity index (χ0n) is 14.2. The lowest BCUT2D eigenvalue weighted by molar-refractivity contribution is 0.0198. The highest BCUT2D eigenvalue weighted by molar-refractivity contribution is 6.42. The molecule has 1 unspecified atom stereocenters. The van der Waals surface area contributed by atoms with Crippen LogP contribution in [-0.4, -0.2) is 41.4 Å². The maximum atomic E-state index is 12.3. The molecule has 1 N–H and O–H groups in total. The summed E-state index contributed by atoms with van der Waals surface area (Å²) in [7, 11) is 0. The number of halogens is 2. The predicted octanol–water partition coefficient (Wildman–Crippen LogP) is 4.11. The fourth-order valence-corrected chi connectivity index (χ4v) is 4.35. The van der Waals surface area contributed by atoms with E-state index >= 15 is 0 Å². The van der Waals surface area contributed by atoms with Crippen LogP contribution in [0.15, 0.2) is 18.2 Å². The summed E-state index contributed by atoms with van der Waals surface area (Å²) in [4.78, 5) is 14.1. The van der Waals surface area contributed by atoms with Crippen molar-refractivity contribution in [3.63, 3.8) is 0 Å². The number of aliphatic hydroxyl groups is 1. The smallest absolute Gasteiger partial charge is 0.410 e. The van der Waals surface area contributed by atoms with E-state index in [1.54, 1.807) is 11.0 Å². The second-order valence-electron chi connectivity index (χ2n) is 7.74. The second-order valence-corrected chi connectivity index (χ2v) is 8.56. The molecule has 4 nitrogen and oxygen atoms in total. The molecule has 0 aromatic heterocycles. The zero-order chi connectivity index (χ0) is 17.7. The monoisotopic (exact) mass is 371 g/mol. The number of ether oxygens (including phenoxy) is 1. The highest BCUT2D eigenvalue weighted by Crippen LogP contribution is 2.64. The topological polar surface area (TPSA) is 49.8 Å². The third-order valence-electron chi connectivity index (χ3n) is 5.22. The van der Waals surface area contributed by atoms with Crippen molar-refractivity contribution in [1.29, 1.82) is 0 Å². The third kappa shape index (κ3) is 3.00. The van der Waals surface area contributed by atoms with Gasteiger partial charge in [0.1, 0.15) is 5.60 Å². The molecule has 0 bridgehead atoms. The predicted molar refractivity (Wildman–Crippen MR) is 94.6 cm³/mol. The van der Waals surface area contributed by atoms with Crippen molar-refractivity contribution in [2.24, 2.45) is 11.8 Å². The van der Waals surface area contributed by atoms with E-state index in [0.717, 1.165) is 12.0 Å². The molecule has 1 heterocycles. The number of benzene rings is 1. The Morgan fingerprint density at radius 2 is 2.08 bits per heavy atom. The molecule has 3 atom stereocenters. The van der Waals surface area contributed by atoms with E-state index in [0.29, 0.717) is 23.1 Å². The first-order chi connectivity index (χ1) is 11.2. The van der Waals surface area contributed by atoms with Crippen LogP contribution in [0.2, 0.25) is 10.0 Å². The number of amides is 1. The van der Waals surface area contributed by atoms with Crippen molar-refractivity contribution in [1.82, 2.24) is 4.90 Å². The number of rotatable bonds is 2. The molecule has 1 aliphatic heterocycles. The molecule has 3 rings (SSSR count). The van der Waals surface area contributed by atoms with Crippen molar-refractivity contribution in [2.45, 2.75) is 38.2 Å². The van der Waals surface area contributed by atoms with E-state index in [2.05, 4.69) is 0 Å². The van der Waals surface area contributed by atoms with Crippen LogP contribution in [0.1, 0.15) is 32.8 Å². The average Bonchev–Trinajstić information content (AvgIpc) is 3.16. The summed E-state index contributed by atoms with van der Waals surface area (Å²) in [6.45, 7) is 6.91. The lowest BCUT2D eigenvalue weighted by Crippen LogP contribution is -2.43. The number of aliphatic hydroxyl groups excluding tert-OH is 1. The van der Waals surface area contributed by atoms with Gasteiger partial charge in [0.05, 0.1) is 10.0 Å². The van der Waals surface area contributed by atoms with Gasteiger partial charge in [0.2, 0.25) is 0 Å². The Morgan fingerprint density at radius 1 is 1.38 bits per heavy atom. The number of carbonyl (C=O) groups excluding carboxylic acids is 1. The van der Waals surface area contributed by atoms with Gasteiger partial charge in [-0.05, 0) is 56.7 Å². The fourth-order valence-electron chi connectivity index (χ4n) is 4.05. The van der Waals surface area contributed by atoms with Crippen molar-refractivity contribution in [2.75, 3.05) is 19.7 Å². The molecule has 2 fully saturated rings. The van der Waals surface area contributed by atoms with Crippen molar-refractivity contribution < 1.29 is 14.6 Å². The van der Waals surface area contributed by atoms with Crippen LogP contribution in [-0.2, 0) is 10.2 Å². The van der Waals surface area contributed by atoms with Gasteiger partial charge >= 0.3 is 6.09 Å². The first kappa shape index (κ1) is 17.8. The SMILES string of the molecule is CC(C)(C)OC(=O)N1CC[C@@]2(c3ccc(Cl)c(Cl)c3)C(CO)[C@H]2C1. The molecule has 24 heavy (non-hydrogen) atoms. The molecule has 6 heteroatoms. The molecule has 1 saturated carbocycles. The van der Waals surface area contributed by atoms with Gasteiger partial charge in [-0.1, -0.05) is 29.3 Å². The molecule has 1 amide bonds. The van der Waals surface area contributed by atoms with E-state index < -0.39 is 5.60 Å². The molecule has 132 valence electrons. The fraction of sp³-hybridized carbons (Fsp3) is 0.611.